The summed E-state index contributed by atoms with van der Waals surface area (Å²) in [6, 6.07) is 12.8. The molecule has 1 N–H and O–H groups in total. The van der Waals surface area contributed by atoms with Crippen LogP contribution >= 0.6 is 23.2 Å². The van der Waals surface area contributed by atoms with Gasteiger partial charge in [-0.05, 0) is 42.9 Å². The smallest absolute Gasteiger partial charge is 0.257 e. The molecule has 4 nitrogen and oxygen atoms in total. The number of halogens is 2. The molecule has 3 rings (SSSR count). The first kappa shape index (κ1) is 18.2. The Labute approximate surface area is 158 Å². The van der Waals surface area contributed by atoms with E-state index in [0.717, 1.165) is 38.4 Å². The molecule has 25 heavy (non-hydrogen) atoms. The fourth-order valence-electron chi connectivity index (χ4n) is 2.88. The Balaban J connectivity index is 1.66. The fraction of sp³-hybridized carbons (Fsp3) is 0.316. The summed E-state index contributed by atoms with van der Waals surface area (Å²) < 4.78 is 0. The molecule has 2 aromatic carbocycles. The topological polar surface area (TPSA) is 35.6 Å². The zero-order chi connectivity index (χ0) is 17.8. The van der Waals surface area contributed by atoms with E-state index in [1.807, 2.05) is 18.2 Å². The van der Waals surface area contributed by atoms with Crippen LogP contribution in [0.15, 0.2) is 42.5 Å². The first-order valence-corrected chi connectivity index (χ1v) is 9.03. The van der Waals surface area contributed by atoms with Gasteiger partial charge in [0.15, 0.2) is 0 Å². The third-order valence-corrected chi connectivity index (χ3v) is 4.91. The minimum atomic E-state index is -0.238. The fourth-order valence-corrected chi connectivity index (χ4v) is 3.38. The van der Waals surface area contributed by atoms with Gasteiger partial charge >= 0.3 is 0 Å². The van der Waals surface area contributed by atoms with Crippen molar-refractivity contribution in [1.29, 1.82) is 0 Å². The summed E-state index contributed by atoms with van der Waals surface area (Å²) in [5.41, 5.74) is 2.36. The van der Waals surface area contributed by atoms with Gasteiger partial charge in [-0.2, -0.15) is 0 Å². The number of anilines is 1. The van der Waals surface area contributed by atoms with Gasteiger partial charge in [0.2, 0.25) is 0 Å². The molecular weight excluding hydrogens is 357 g/mol. The average Bonchev–Trinajstić information content (AvgIpc) is 2.57. The highest BCUT2D eigenvalue weighted by atomic mass is 35.5. The monoisotopic (exact) mass is 377 g/mol. The van der Waals surface area contributed by atoms with Gasteiger partial charge in [-0.25, -0.2) is 0 Å². The van der Waals surface area contributed by atoms with E-state index in [1.165, 1.54) is 5.56 Å². The molecular formula is C19H21Cl2N3O. The summed E-state index contributed by atoms with van der Waals surface area (Å²) in [6.07, 6.45) is 0. The van der Waals surface area contributed by atoms with Gasteiger partial charge in [0, 0.05) is 43.4 Å². The van der Waals surface area contributed by atoms with E-state index in [9.17, 15) is 4.79 Å². The third kappa shape index (κ3) is 4.95. The lowest BCUT2D eigenvalue weighted by Crippen LogP contribution is -2.43. The van der Waals surface area contributed by atoms with Gasteiger partial charge < -0.3 is 10.2 Å². The quantitative estimate of drug-likeness (QED) is 0.874. The van der Waals surface area contributed by atoms with E-state index in [0.29, 0.717) is 15.6 Å². The normalized spacial score (nSPS) is 16.0. The molecule has 0 aromatic heterocycles. The number of nitrogens with one attached hydrogen (secondary N) is 1. The second-order valence-corrected chi connectivity index (χ2v) is 7.20. The maximum atomic E-state index is 12.4. The summed E-state index contributed by atoms with van der Waals surface area (Å²) in [5, 5.41) is 3.77. The minimum Gasteiger partial charge on any atom is -0.322 e. The molecule has 1 heterocycles. The van der Waals surface area contributed by atoms with Crippen LogP contribution in [0.4, 0.5) is 5.69 Å². The lowest BCUT2D eigenvalue weighted by atomic mass is 10.1. The van der Waals surface area contributed by atoms with Crippen LogP contribution in [-0.4, -0.2) is 48.9 Å². The number of hydrogen-bond donors (Lipinski definition) is 1. The van der Waals surface area contributed by atoms with Crippen LogP contribution < -0.4 is 5.32 Å². The van der Waals surface area contributed by atoms with Gasteiger partial charge in [0.25, 0.3) is 5.91 Å². The van der Waals surface area contributed by atoms with Crippen molar-refractivity contribution in [1.82, 2.24) is 9.80 Å². The van der Waals surface area contributed by atoms with E-state index in [-0.39, 0.29) is 5.91 Å². The van der Waals surface area contributed by atoms with Crippen molar-refractivity contribution < 1.29 is 4.79 Å². The molecule has 0 spiro atoms. The first-order valence-electron chi connectivity index (χ1n) is 8.27. The molecule has 2 aromatic rings. The number of amides is 1. The zero-order valence-electron chi connectivity index (χ0n) is 14.1. The third-order valence-electron chi connectivity index (χ3n) is 4.36. The SMILES string of the molecule is CN1CCN(Cc2cccc(NC(=O)c3ccc(Cl)cc3Cl)c2)CC1. The average molecular weight is 378 g/mol. The van der Waals surface area contributed by atoms with Crippen LogP contribution in [0.1, 0.15) is 15.9 Å². The molecule has 0 atom stereocenters. The van der Waals surface area contributed by atoms with Gasteiger partial charge in [-0.15, -0.1) is 0 Å². The Morgan fingerprint density at radius 1 is 1.08 bits per heavy atom. The van der Waals surface area contributed by atoms with Crippen molar-refractivity contribution in [3.63, 3.8) is 0 Å². The number of carbonyl (C=O) groups is 1. The highest BCUT2D eigenvalue weighted by Crippen LogP contribution is 2.22. The largest absolute Gasteiger partial charge is 0.322 e. The van der Waals surface area contributed by atoms with E-state index >= 15 is 0 Å². The molecule has 0 saturated carbocycles. The van der Waals surface area contributed by atoms with Gasteiger partial charge in [-0.3, -0.25) is 9.69 Å². The lowest BCUT2D eigenvalue weighted by molar-refractivity contribution is 0.102. The van der Waals surface area contributed by atoms with Gasteiger partial charge in [0.1, 0.15) is 0 Å². The summed E-state index contributed by atoms with van der Waals surface area (Å²) in [7, 11) is 2.15. The molecule has 0 radical (unpaired) electrons. The van der Waals surface area contributed by atoms with Crippen LogP contribution in [0.2, 0.25) is 10.0 Å². The Hall–Kier alpha value is -1.59. The molecule has 132 valence electrons. The number of likely N-dealkylation sites (N-methyl/N-ethyl adjacent to an activating group) is 1. The molecule has 1 fully saturated rings. The number of piperazine rings is 1. The first-order chi connectivity index (χ1) is 12.0. The van der Waals surface area contributed by atoms with Crippen LogP contribution in [0.5, 0.6) is 0 Å². The standard InChI is InChI=1S/C19H21Cl2N3O/c1-23-7-9-24(10-8-23)13-14-3-2-4-16(11-14)22-19(25)17-6-5-15(20)12-18(17)21/h2-6,11-12H,7-10,13H2,1H3,(H,22,25). The number of benzene rings is 2. The Morgan fingerprint density at radius 2 is 1.84 bits per heavy atom. The number of rotatable bonds is 4. The summed E-state index contributed by atoms with van der Waals surface area (Å²) in [4.78, 5) is 17.2. The number of hydrogen-bond acceptors (Lipinski definition) is 3. The van der Waals surface area contributed by atoms with Crippen molar-refractivity contribution in [2.45, 2.75) is 6.54 Å². The second-order valence-electron chi connectivity index (χ2n) is 6.36. The Morgan fingerprint density at radius 3 is 2.56 bits per heavy atom. The van der Waals surface area contributed by atoms with Crippen molar-refractivity contribution in [2.75, 3.05) is 38.5 Å². The van der Waals surface area contributed by atoms with E-state index in [2.05, 4.69) is 28.2 Å². The molecule has 1 amide bonds. The van der Waals surface area contributed by atoms with Crippen molar-refractivity contribution in [3.8, 4) is 0 Å². The molecule has 0 unspecified atom stereocenters. The van der Waals surface area contributed by atoms with E-state index < -0.39 is 0 Å². The van der Waals surface area contributed by atoms with E-state index in [4.69, 9.17) is 23.2 Å². The zero-order valence-corrected chi connectivity index (χ0v) is 15.6. The molecule has 1 saturated heterocycles. The molecule has 0 bridgehead atoms. The lowest BCUT2D eigenvalue weighted by Gasteiger charge is -2.32. The number of carbonyl (C=O) groups excluding carboxylic acids is 1. The molecule has 1 aliphatic rings. The highest BCUT2D eigenvalue weighted by molar-refractivity contribution is 6.37. The molecule has 6 heteroatoms. The maximum Gasteiger partial charge on any atom is 0.257 e. The van der Waals surface area contributed by atoms with Crippen LogP contribution in [0.3, 0.4) is 0 Å². The van der Waals surface area contributed by atoms with E-state index in [1.54, 1.807) is 18.2 Å². The Kier molecular flexibility index (Phi) is 5.97. The van der Waals surface area contributed by atoms with Crippen LogP contribution in [-0.2, 0) is 6.54 Å². The van der Waals surface area contributed by atoms with Crippen molar-refractivity contribution >= 4 is 34.8 Å². The maximum absolute atomic E-state index is 12.4. The van der Waals surface area contributed by atoms with Crippen LogP contribution in [0.25, 0.3) is 0 Å². The molecule has 1 aliphatic heterocycles. The summed E-state index contributed by atoms with van der Waals surface area (Å²) in [5.74, 6) is -0.238. The molecule has 0 aliphatic carbocycles. The Bertz CT molecular complexity index is 758. The summed E-state index contributed by atoms with van der Waals surface area (Å²) in [6.45, 7) is 5.19. The van der Waals surface area contributed by atoms with Gasteiger partial charge in [0.05, 0.1) is 10.6 Å². The predicted octanol–water partition coefficient (Wildman–Crippen LogP) is 3.99. The summed E-state index contributed by atoms with van der Waals surface area (Å²) >= 11 is 12.0. The van der Waals surface area contributed by atoms with Crippen LogP contribution in [0, 0.1) is 0 Å². The van der Waals surface area contributed by atoms with Crippen molar-refractivity contribution in [3.05, 3.63) is 63.6 Å². The van der Waals surface area contributed by atoms with Crippen molar-refractivity contribution in [2.24, 2.45) is 0 Å². The van der Waals surface area contributed by atoms with Gasteiger partial charge in [-0.1, -0.05) is 35.3 Å². The number of nitrogens with zero attached hydrogens (tertiary/aromatic N) is 2. The second kappa shape index (κ2) is 8.19. The minimum absolute atomic E-state index is 0.238. The highest BCUT2D eigenvalue weighted by Gasteiger charge is 2.15. The predicted molar refractivity (Wildman–Crippen MR) is 104 cm³/mol.